The predicted octanol–water partition coefficient (Wildman–Crippen LogP) is 1.79. The highest BCUT2D eigenvalue weighted by Gasteiger charge is 2.21. The summed E-state index contributed by atoms with van der Waals surface area (Å²) in [5.41, 5.74) is 1.33. The Morgan fingerprint density at radius 1 is 1.15 bits per heavy atom. The van der Waals surface area contributed by atoms with E-state index in [1.54, 1.807) is 0 Å². The van der Waals surface area contributed by atoms with Gasteiger partial charge in [0.05, 0.1) is 0 Å². The van der Waals surface area contributed by atoms with Gasteiger partial charge in [-0.3, -0.25) is 9.89 Å². The maximum absolute atomic E-state index is 5.36. The predicted molar refractivity (Wildman–Crippen MR) is 110 cm³/mol. The van der Waals surface area contributed by atoms with Crippen LogP contribution in [-0.4, -0.2) is 76.4 Å². The summed E-state index contributed by atoms with van der Waals surface area (Å²) in [5, 5.41) is 6.79. The van der Waals surface area contributed by atoms with Gasteiger partial charge in [0.2, 0.25) is 0 Å². The third-order valence-corrected chi connectivity index (χ3v) is 4.81. The zero-order valence-corrected chi connectivity index (χ0v) is 16.6. The highest BCUT2D eigenvalue weighted by molar-refractivity contribution is 5.79. The van der Waals surface area contributed by atoms with E-state index in [1.807, 2.05) is 14.0 Å². The summed E-state index contributed by atoms with van der Waals surface area (Å²) in [6.07, 6.45) is 0.992. The number of guanidine groups is 1. The number of hydrogen-bond acceptors (Lipinski definition) is 4. The first-order valence-corrected chi connectivity index (χ1v) is 9.81. The lowest BCUT2D eigenvalue weighted by Crippen LogP contribution is -2.53. The van der Waals surface area contributed by atoms with Gasteiger partial charge in [0.25, 0.3) is 0 Å². The first kappa shape index (κ1) is 20.5. The summed E-state index contributed by atoms with van der Waals surface area (Å²) in [4.78, 5) is 9.32. The number of aliphatic imine (C=N–C) groups is 1. The van der Waals surface area contributed by atoms with Crippen molar-refractivity contribution in [3.05, 3.63) is 30.3 Å². The molecule has 0 spiro atoms. The number of nitrogens with one attached hydrogen (secondary N) is 2. The smallest absolute Gasteiger partial charge is 0.191 e. The summed E-state index contributed by atoms with van der Waals surface area (Å²) >= 11 is 0. The Bertz CT molecular complexity index is 514. The van der Waals surface area contributed by atoms with Crippen LogP contribution in [0.1, 0.15) is 20.3 Å². The fourth-order valence-corrected chi connectivity index (χ4v) is 3.18. The van der Waals surface area contributed by atoms with Crippen LogP contribution in [-0.2, 0) is 4.74 Å². The van der Waals surface area contributed by atoms with Crippen LogP contribution in [0.4, 0.5) is 5.69 Å². The van der Waals surface area contributed by atoms with E-state index in [2.05, 4.69) is 62.7 Å². The molecular formula is C20H35N5O. The Labute approximate surface area is 158 Å². The van der Waals surface area contributed by atoms with E-state index >= 15 is 0 Å². The van der Waals surface area contributed by atoms with Gasteiger partial charge in [-0.1, -0.05) is 18.2 Å². The van der Waals surface area contributed by atoms with Crippen molar-refractivity contribution in [1.29, 1.82) is 0 Å². The molecule has 1 aliphatic heterocycles. The monoisotopic (exact) mass is 361 g/mol. The van der Waals surface area contributed by atoms with Gasteiger partial charge in [-0.25, -0.2) is 0 Å². The van der Waals surface area contributed by atoms with Gasteiger partial charge < -0.3 is 20.3 Å². The van der Waals surface area contributed by atoms with Crippen LogP contribution in [0.5, 0.6) is 0 Å². The van der Waals surface area contributed by atoms with E-state index in [1.165, 1.54) is 5.69 Å². The molecule has 1 atom stereocenters. The molecule has 1 fully saturated rings. The van der Waals surface area contributed by atoms with Crippen LogP contribution in [0.3, 0.4) is 0 Å². The summed E-state index contributed by atoms with van der Waals surface area (Å²) in [6.45, 7) is 12.0. The molecule has 0 saturated carbocycles. The molecule has 146 valence electrons. The third-order valence-electron chi connectivity index (χ3n) is 4.81. The first-order chi connectivity index (χ1) is 12.7. The van der Waals surface area contributed by atoms with Gasteiger partial charge >= 0.3 is 0 Å². The molecule has 1 saturated heterocycles. The maximum atomic E-state index is 5.36. The molecule has 0 aromatic heterocycles. The van der Waals surface area contributed by atoms with Crippen molar-refractivity contribution >= 4 is 11.6 Å². The first-order valence-electron chi connectivity index (χ1n) is 9.81. The van der Waals surface area contributed by atoms with E-state index in [0.29, 0.717) is 6.04 Å². The van der Waals surface area contributed by atoms with Gasteiger partial charge in [-0.2, -0.15) is 0 Å². The number of piperazine rings is 1. The second-order valence-corrected chi connectivity index (χ2v) is 6.64. The number of benzene rings is 1. The Balaban J connectivity index is 1.65. The molecule has 2 N–H and O–H groups in total. The summed E-state index contributed by atoms with van der Waals surface area (Å²) in [7, 11) is 1.82. The van der Waals surface area contributed by atoms with Crippen LogP contribution >= 0.6 is 0 Å². The molecule has 1 unspecified atom stereocenters. The topological polar surface area (TPSA) is 52.1 Å². The molecule has 6 nitrogen and oxygen atoms in total. The quantitative estimate of drug-likeness (QED) is 0.399. The van der Waals surface area contributed by atoms with Crippen LogP contribution in [0.15, 0.2) is 35.3 Å². The minimum atomic E-state index is 0.481. The normalized spacial score (nSPS) is 17.2. The van der Waals surface area contributed by atoms with Crippen molar-refractivity contribution in [3.8, 4) is 0 Å². The Morgan fingerprint density at radius 2 is 1.88 bits per heavy atom. The average molecular weight is 362 g/mol. The van der Waals surface area contributed by atoms with E-state index in [0.717, 1.165) is 64.9 Å². The number of rotatable bonds is 9. The molecule has 0 radical (unpaired) electrons. The van der Waals surface area contributed by atoms with E-state index in [4.69, 9.17) is 4.74 Å². The molecule has 0 aliphatic carbocycles. The number of nitrogens with zero attached hydrogens (tertiary/aromatic N) is 3. The zero-order chi connectivity index (χ0) is 18.6. The Morgan fingerprint density at radius 3 is 2.54 bits per heavy atom. The standard InChI is InChI=1S/C20H35N5O/c1-4-26-16-8-11-22-20(21-3)23-17-18(2)24-12-14-25(15-13-24)19-9-6-5-7-10-19/h5-7,9-10,18H,4,8,11-17H2,1-3H3,(H2,21,22,23). The van der Waals surface area contributed by atoms with Crippen molar-refractivity contribution in [2.75, 3.05) is 64.4 Å². The third kappa shape index (κ3) is 6.84. The molecular weight excluding hydrogens is 326 g/mol. The number of ether oxygens (including phenoxy) is 1. The molecule has 0 bridgehead atoms. The van der Waals surface area contributed by atoms with Gasteiger partial charge in [0.15, 0.2) is 5.96 Å². The molecule has 1 aromatic rings. The highest BCUT2D eigenvalue weighted by Crippen LogP contribution is 2.16. The Kier molecular flexibility index (Phi) is 9.28. The van der Waals surface area contributed by atoms with Gasteiger partial charge in [0.1, 0.15) is 0 Å². The van der Waals surface area contributed by atoms with E-state index in [-0.39, 0.29) is 0 Å². The van der Waals surface area contributed by atoms with Crippen molar-refractivity contribution in [2.45, 2.75) is 26.3 Å². The second-order valence-electron chi connectivity index (χ2n) is 6.64. The van der Waals surface area contributed by atoms with E-state index < -0.39 is 0 Å². The number of anilines is 1. The van der Waals surface area contributed by atoms with Crippen LogP contribution in [0.2, 0.25) is 0 Å². The number of hydrogen-bond donors (Lipinski definition) is 2. The minimum absolute atomic E-state index is 0.481. The van der Waals surface area contributed by atoms with Gasteiger partial charge in [-0.05, 0) is 32.4 Å². The fourth-order valence-electron chi connectivity index (χ4n) is 3.18. The zero-order valence-electron chi connectivity index (χ0n) is 16.6. The molecule has 2 rings (SSSR count). The minimum Gasteiger partial charge on any atom is -0.382 e. The summed E-state index contributed by atoms with van der Waals surface area (Å²) in [5.74, 6) is 0.872. The van der Waals surface area contributed by atoms with Crippen LogP contribution in [0, 0.1) is 0 Å². The largest absolute Gasteiger partial charge is 0.382 e. The number of para-hydroxylation sites is 1. The second kappa shape index (κ2) is 11.8. The van der Waals surface area contributed by atoms with Crippen molar-refractivity contribution in [2.24, 2.45) is 4.99 Å². The van der Waals surface area contributed by atoms with Crippen LogP contribution < -0.4 is 15.5 Å². The molecule has 6 heteroatoms. The molecule has 1 aliphatic rings. The lowest BCUT2D eigenvalue weighted by Gasteiger charge is -2.39. The summed E-state index contributed by atoms with van der Waals surface area (Å²) in [6, 6.07) is 11.2. The Hall–Kier alpha value is -1.79. The maximum Gasteiger partial charge on any atom is 0.191 e. The van der Waals surface area contributed by atoms with Gasteiger partial charge in [0, 0.05) is 71.3 Å². The van der Waals surface area contributed by atoms with E-state index in [9.17, 15) is 0 Å². The van der Waals surface area contributed by atoms with Crippen molar-refractivity contribution in [1.82, 2.24) is 15.5 Å². The molecule has 0 amide bonds. The van der Waals surface area contributed by atoms with Gasteiger partial charge in [-0.15, -0.1) is 0 Å². The SMILES string of the molecule is CCOCCCNC(=NC)NCC(C)N1CCN(c2ccccc2)CC1. The molecule has 26 heavy (non-hydrogen) atoms. The lowest BCUT2D eigenvalue weighted by molar-refractivity contribution is 0.145. The molecule has 1 aromatic carbocycles. The average Bonchev–Trinajstić information content (AvgIpc) is 2.70. The van der Waals surface area contributed by atoms with Crippen molar-refractivity contribution < 1.29 is 4.74 Å². The molecule has 1 heterocycles. The lowest BCUT2D eigenvalue weighted by atomic mass is 10.2. The van der Waals surface area contributed by atoms with Crippen LogP contribution in [0.25, 0.3) is 0 Å². The highest BCUT2D eigenvalue weighted by atomic mass is 16.5. The van der Waals surface area contributed by atoms with Crippen molar-refractivity contribution in [3.63, 3.8) is 0 Å². The summed E-state index contributed by atoms with van der Waals surface area (Å²) < 4.78 is 5.36. The fraction of sp³-hybridized carbons (Fsp3) is 0.650.